The number of nitrogens with one attached hydrogen (secondary N) is 1. The van der Waals surface area contributed by atoms with Crippen molar-refractivity contribution in [1.29, 1.82) is 0 Å². The fraction of sp³-hybridized carbons (Fsp3) is 0.192. The highest BCUT2D eigenvalue weighted by Gasteiger charge is 2.17. The molecule has 33 heavy (non-hydrogen) atoms. The quantitative estimate of drug-likeness (QED) is 0.539. The van der Waals surface area contributed by atoms with Gasteiger partial charge in [-0.05, 0) is 31.1 Å². The van der Waals surface area contributed by atoms with Crippen molar-refractivity contribution in [2.45, 2.75) is 19.9 Å². The van der Waals surface area contributed by atoms with Crippen molar-refractivity contribution in [3.63, 3.8) is 0 Å². The zero-order valence-corrected chi connectivity index (χ0v) is 19.1. The zero-order chi connectivity index (χ0) is 23.2. The molecule has 3 heterocycles. The lowest BCUT2D eigenvalue weighted by Crippen LogP contribution is -2.30. The molecule has 0 spiro atoms. The number of rotatable bonds is 8. The van der Waals surface area contributed by atoms with Crippen molar-refractivity contribution in [3.8, 4) is 11.5 Å². The number of hydrogen-bond acceptors (Lipinski definition) is 6. The van der Waals surface area contributed by atoms with Gasteiger partial charge in [-0.3, -0.25) is 4.98 Å². The second-order valence-electron chi connectivity index (χ2n) is 7.41. The van der Waals surface area contributed by atoms with Crippen LogP contribution in [0.1, 0.15) is 24.6 Å². The van der Waals surface area contributed by atoms with Gasteiger partial charge in [0.1, 0.15) is 17.3 Å². The second-order valence-corrected chi connectivity index (χ2v) is 7.41. The first-order valence-electron chi connectivity index (χ1n) is 10.7. The fourth-order valence-corrected chi connectivity index (χ4v) is 3.68. The molecule has 0 radical (unpaired) electrons. The van der Waals surface area contributed by atoms with Gasteiger partial charge < -0.3 is 19.4 Å². The van der Waals surface area contributed by atoms with Crippen molar-refractivity contribution in [2.75, 3.05) is 19.1 Å². The minimum atomic E-state index is 0.518. The van der Waals surface area contributed by atoms with Crippen LogP contribution in [0.5, 0.6) is 11.5 Å². The molecule has 0 fully saturated rings. The summed E-state index contributed by atoms with van der Waals surface area (Å²) in [6.45, 7) is 6.41. The third kappa shape index (κ3) is 4.87. The number of pyridine rings is 1. The topological polar surface area (TPSA) is 75.6 Å². The maximum atomic E-state index is 5.51. The maximum absolute atomic E-state index is 5.51. The molecule has 3 aromatic rings. The summed E-state index contributed by atoms with van der Waals surface area (Å²) >= 11 is 0. The van der Waals surface area contributed by atoms with Crippen LogP contribution in [0.2, 0.25) is 0 Å². The van der Waals surface area contributed by atoms with Gasteiger partial charge in [0.15, 0.2) is 0 Å². The van der Waals surface area contributed by atoms with Gasteiger partial charge in [-0.1, -0.05) is 24.8 Å². The minimum Gasteiger partial charge on any atom is -0.497 e. The van der Waals surface area contributed by atoms with E-state index in [4.69, 9.17) is 14.5 Å². The van der Waals surface area contributed by atoms with E-state index in [2.05, 4.69) is 38.6 Å². The summed E-state index contributed by atoms with van der Waals surface area (Å²) in [6.07, 6.45) is 14.1. The third-order valence-electron chi connectivity index (χ3n) is 5.41. The third-order valence-corrected chi connectivity index (χ3v) is 5.41. The fourth-order valence-electron chi connectivity index (χ4n) is 3.68. The number of methoxy groups -OCH3 is 2. The Labute approximate surface area is 193 Å². The molecule has 0 saturated carbocycles. The summed E-state index contributed by atoms with van der Waals surface area (Å²) < 4.78 is 11.0. The van der Waals surface area contributed by atoms with Crippen molar-refractivity contribution in [3.05, 3.63) is 95.6 Å². The van der Waals surface area contributed by atoms with Crippen molar-refractivity contribution >= 4 is 17.3 Å². The molecular weight excluding hydrogens is 414 g/mol. The molecule has 4 rings (SSSR count). The Morgan fingerprint density at radius 2 is 1.91 bits per heavy atom. The zero-order valence-electron chi connectivity index (χ0n) is 19.1. The smallest absolute Gasteiger partial charge is 0.130 e. The number of allylic oxidation sites excluding steroid dienone is 4. The largest absolute Gasteiger partial charge is 0.497 e. The highest BCUT2D eigenvalue weighted by molar-refractivity contribution is 5.72. The summed E-state index contributed by atoms with van der Waals surface area (Å²) in [4.78, 5) is 19.2. The van der Waals surface area contributed by atoms with Crippen LogP contribution in [0.3, 0.4) is 0 Å². The number of benzene rings is 1. The summed E-state index contributed by atoms with van der Waals surface area (Å²) in [5.74, 6) is 2.19. The number of H-pyrrole nitrogens is 1. The molecule has 0 unspecified atom stereocenters. The Balaban J connectivity index is 1.85. The SMILES string of the molecule is C=C/C(=C\C)c1cnc2c(c1)=NC(N(Cc1c[nH]cn1)c1cc(OC)cc(OC)c1)=CCC=2. The number of aromatic amines is 1. The first-order chi connectivity index (χ1) is 16.1. The van der Waals surface area contributed by atoms with Crippen LogP contribution >= 0.6 is 0 Å². The van der Waals surface area contributed by atoms with E-state index in [-0.39, 0.29) is 0 Å². The average Bonchev–Trinajstić information content (AvgIpc) is 3.28. The van der Waals surface area contributed by atoms with E-state index in [1.165, 1.54) is 0 Å². The van der Waals surface area contributed by atoms with E-state index >= 15 is 0 Å². The summed E-state index contributed by atoms with van der Waals surface area (Å²) in [5, 5.41) is 1.66. The van der Waals surface area contributed by atoms with Crippen LogP contribution in [-0.2, 0) is 6.54 Å². The Kier molecular flexibility index (Phi) is 6.69. The standard InChI is InChI=1S/C26H27N5O2/c1-5-18(6-2)19-10-25-24(28-14-19)8-7-9-26(30-25)31(16-20-15-27-17-29-20)21-11-22(32-3)13-23(12-21)33-4/h5-6,8-15,17H,1,7,16H2,2-4H3,(H,27,29)/b18-6+. The van der Waals surface area contributed by atoms with E-state index in [1.54, 1.807) is 20.5 Å². The molecule has 1 aromatic carbocycles. The molecule has 0 atom stereocenters. The number of aromatic nitrogens is 3. The lowest BCUT2D eigenvalue weighted by molar-refractivity contribution is 0.394. The monoisotopic (exact) mass is 441 g/mol. The molecular formula is C26H27N5O2. The highest BCUT2D eigenvalue weighted by atomic mass is 16.5. The van der Waals surface area contributed by atoms with Crippen LogP contribution in [-0.4, -0.2) is 29.2 Å². The number of imidazole rings is 1. The van der Waals surface area contributed by atoms with Crippen LogP contribution in [0.25, 0.3) is 11.6 Å². The molecule has 2 aromatic heterocycles. The normalized spacial score (nSPS) is 13.1. The lowest BCUT2D eigenvalue weighted by Gasteiger charge is -2.25. The Bertz CT molecular complexity index is 1300. The van der Waals surface area contributed by atoms with E-state index in [0.29, 0.717) is 24.5 Å². The molecule has 0 bridgehead atoms. The van der Waals surface area contributed by atoms with Gasteiger partial charge in [0.25, 0.3) is 0 Å². The van der Waals surface area contributed by atoms with E-state index in [0.717, 1.165) is 39.0 Å². The molecule has 0 saturated heterocycles. The van der Waals surface area contributed by atoms with Crippen molar-refractivity contribution < 1.29 is 9.47 Å². The molecule has 168 valence electrons. The molecule has 7 nitrogen and oxygen atoms in total. The predicted octanol–water partition coefficient (Wildman–Crippen LogP) is 3.76. The van der Waals surface area contributed by atoms with Crippen molar-refractivity contribution in [1.82, 2.24) is 15.0 Å². The number of anilines is 1. The average molecular weight is 442 g/mol. The number of fused-ring (bicyclic) bond motifs is 1. The Hall–Kier alpha value is -4.13. The number of hydrogen-bond donors (Lipinski definition) is 1. The Morgan fingerprint density at radius 1 is 1.12 bits per heavy atom. The second kappa shape index (κ2) is 9.99. The molecule has 1 aliphatic rings. The summed E-state index contributed by atoms with van der Waals surface area (Å²) in [7, 11) is 3.28. The first kappa shape index (κ1) is 22.1. The molecule has 0 amide bonds. The van der Waals surface area contributed by atoms with Gasteiger partial charge in [0, 0.05) is 36.2 Å². The van der Waals surface area contributed by atoms with Crippen LogP contribution in [0, 0.1) is 0 Å². The lowest BCUT2D eigenvalue weighted by atomic mass is 10.1. The van der Waals surface area contributed by atoms with Crippen LogP contribution in [0.15, 0.2) is 78.6 Å². The van der Waals surface area contributed by atoms with Gasteiger partial charge in [0.2, 0.25) is 0 Å². The number of ether oxygens (including phenoxy) is 2. The molecule has 1 aliphatic heterocycles. The van der Waals surface area contributed by atoms with E-state index < -0.39 is 0 Å². The van der Waals surface area contributed by atoms with Crippen LogP contribution in [0.4, 0.5) is 5.69 Å². The molecule has 0 aliphatic carbocycles. The van der Waals surface area contributed by atoms with Crippen LogP contribution < -0.4 is 25.1 Å². The van der Waals surface area contributed by atoms with E-state index in [9.17, 15) is 0 Å². The number of nitrogens with zero attached hydrogens (tertiary/aromatic N) is 4. The predicted molar refractivity (Wildman–Crippen MR) is 130 cm³/mol. The highest BCUT2D eigenvalue weighted by Crippen LogP contribution is 2.32. The van der Waals surface area contributed by atoms with Gasteiger partial charge >= 0.3 is 0 Å². The Morgan fingerprint density at radius 3 is 2.55 bits per heavy atom. The van der Waals surface area contributed by atoms with Gasteiger partial charge in [0.05, 0.1) is 49.2 Å². The van der Waals surface area contributed by atoms with E-state index in [1.807, 2.05) is 55.7 Å². The maximum Gasteiger partial charge on any atom is 0.130 e. The van der Waals surface area contributed by atoms with Gasteiger partial charge in [-0.15, -0.1) is 0 Å². The first-order valence-corrected chi connectivity index (χ1v) is 10.7. The minimum absolute atomic E-state index is 0.518. The van der Waals surface area contributed by atoms with Gasteiger partial charge in [-0.25, -0.2) is 9.98 Å². The van der Waals surface area contributed by atoms with Gasteiger partial charge in [-0.2, -0.15) is 0 Å². The summed E-state index contributed by atoms with van der Waals surface area (Å²) in [5.41, 5.74) is 3.76. The summed E-state index contributed by atoms with van der Waals surface area (Å²) in [6, 6.07) is 7.83. The van der Waals surface area contributed by atoms with Crippen molar-refractivity contribution in [2.24, 2.45) is 4.99 Å². The molecule has 1 N–H and O–H groups in total. The molecule has 7 heteroatoms.